The van der Waals surface area contributed by atoms with Crippen molar-refractivity contribution in [2.75, 3.05) is 7.11 Å². The number of nitrogens with zero attached hydrogens (tertiary/aromatic N) is 2. The number of Topliss-reactive ketones (excluding diaryl/α,β-unsaturated/α-hetero) is 1. The topological polar surface area (TPSA) is 60.7 Å². The molecule has 1 aliphatic heterocycles. The Kier molecular flexibility index (Phi) is 5.58. The zero-order chi connectivity index (χ0) is 21.4. The molecular weight excluding hydrogens is 464 g/mol. The van der Waals surface area contributed by atoms with Gasteiger partial charge in [0.1, 0.15) is 5.75 Å². The quantitative estimate of drug-likeness (QED) is 0.570. The predicted molar refractivity (Wildman–Crippen MR) is 122 cm³/mol. The molecule has 152 valence electrons. The van der Waals surface area contributed by atoms with E-state index in [1.807, 2.05) is 61.5 Å². The number of fused-ring (bicyclic) bond motifs is 1. The van der Waals surface area contributed by atoms with Gasteiger partial charge in [-0.25, -0.2) is 4.99 Å². The van der Waals surface area contributed by atoms with Gasteiger partial charge in [-0.15, -0.1) is 0 Å². The summed E-state index contributed by atoms with van der Waals surface area (Å²) in [6, 6.07) is 14.7. The maximum Gasteiger partial charge on any atom is 0.271 e. The molecule has 4 rings (SSSR count). The average Bonchev–Trinajstić information content (AvgIpc) is 3.01. The van der Waals surface area contributed by atoms with Crippen LogP contribution in [-0.2, 0) is 4.79 Å². The second-order valence-electron chi connectivity index (χ2n) is 6.97. The highest BCUT2D eigenvalue weighted by Crippen LogP contribution is 2.31. The Morgan fingerprint density at radius 3 is 2.60 bits per heavy atom. The van der Waals surface area contributed by atoms with Gasteiger partial charge >= 0.3 is 0 Å². The largest absolute Gasteiger partial charge is 0.497 e. The highest BCUT2D eigenvalue weighted by molar-refractivity contribution is 9.10. The van der Waals surface area contributed by atoms with Crippen LogP contribution in [0.5, 0.6) is 5.75 Å². The van der Waals surface area contributed by atoms with Crippen LogP contribution in [0.3, 0.4) is 0 Å². The number of allylic oxidation sites excluding steroid dienone is 2. The van der Waals surface area contributed by atoms with Crippen LogP contribution >= 0.6 is 27.3 Å². The van der Waals surface area contributed by atoms with Gasteiger partial charge < -0.3 is 4.74 Å². The van der Waals surface area contributed by atoms with Gasteiger partial charge in [-0.2, -0.15) is 0 Å². The number of methoxy groups -OCH3 is 1. The van der Waals surface area contributed by atoms with Crippen LogP contribution in [0.25, 0.3) is 6.08 Å². The zero-order valence-corrected chi connectivity index (χ0v) is 19.1. The summed E-state index contributed by atoms with van der Waals surface area (Å²) < 4.78 is 8.39. The van der Waals surface area contributed by atoms with Crippen LogP contribution in [0.1, 0.15) is 31.0 Å². The molecule has 1 atom stereocenters. The van der Waals surface area contributed by atoms with Crippen molar-refractivity contribution >= 4 is 39.1 Å². The van der Waals surface area contributed by atoms with Gasteiger partial charge in [-0.05, 0) is 55.3 Å². The molecule has 7 heteroatoms. The molecule has 0 N–H and O–H groups in total. The fourth-order valence-corrected chi connectivity index (χ4v) is 5.08. The van der Waals surface area contributed by atoms with Crippen LogP contribution in [-0.4, -0.2) is 17.5 Å². The minimum Gasteiger partial charge on any atom is -0.497 e. The Bertz CT molecular complexity index is 1350. The van der Waals surface area contributed by atoms with Gasteiger partial charge in [0.05, 0.1) is 17.7 Å². The number of hydrogen-bond donors (Lipinski definition) is 0. The number of rotatable bonds is 4. The molecule has 0 saturated heterocycles. The third-order valence-corrected chi connectivity index (χ3v) is 6.46. The van der Waals surface area contributed by atoms with Crippen molar-refractivity contribution in [2.45, 2.75) is 19.9 Å². The molecule has 30 heavy (non-hydrogen) atoms. The van der Waals surface area contributed by atoms with E-state index in [0.717, 1.165) is 15.6 Å². The third-order valence-electron chi connectivity index (χ3n) is 4.98. The zero-order valence-electron chi connectivity index (χ0n) is 16.7. The Morgan fingerprint density at radius 2 is 1.97 bits per heavy atom. The standard InChI is InChI=1S/C23H19BrN2O3S/c1-13-20(14(2)27)21(16-7-9-18(29-3)10-8-16)26-22(28)19(30-23(26)25-13)12-15-5-4-6-17(24)11-15/h4-12,21H,1-3H3/b19-12+/t21-/m0/s1. The van der Waals surface area contributed by atoms with E-state index >= 15 is 0 Å². The van der Waals surface area contributed by atoms with E-state index in [2.05, 4.69) is 20.9 Å². The lowest BCUT2D eigenvalue weighted by atomic mass is 9.93. The van der Waals surface area contributed by atoms with E-state index in [1.165, 1.54) is 18.3 Å². The number of carbonyl (C=O) groups excluding carboxylic acids is 1. The second-order valence-corrected chi connectivity index (χ2v) is 8.89. The van der Waals surface area contributed by atoms with Crippen molar-refractivity contribution < 1.29 is 9.53 Å². The molecule has 0 unspecified atom stereocenters. The molecule has 0 radical (unpaired) electrons. The van der Waals surface area contributed by atoms with Crippen LogP contribution < -0.4 is 19.6 Å². The highest BCUT2D eigenvalue weighted by atomic mass is 79.9. The number of ether oxygens (including phenoxy) is 1. The summed E-state index contributed by atoms with van der Waals surface area (Å²) in [5.74, 6) is 0.615. The maximum absolute atomic E-state index is 13.4. The lowest BCUT2D eigenvalue weighted by molar-refractivity contribution is -0.114. The van der Waals surface area contributed by atoms with E-state index in [1.54, 1.807) is 11.7 Å². The van der Waals surface area contributed by atoms with Crippen molar-refractivity contribution in [1.29, 1.82) is 0 Å². The van der Waals surface area contributed by atoms with Gasteiger partial charge in [0.2, 0.25) is 0 Å². The summed E-state index contributed by atoms with van der Waals surface area (Å²) in [5, 5.41) is 0. The van der Waals surface area contributed by atoms with Crippen molar-refractivity contribution in [3.05, 3.63) is 95.1 Å². The maximum atomic E-state index is 13.4. The molecule has 0 fully saturated rings. The number of thiazole rings is 1. The van der Waals surface area contributed by atoms with E-state index in [0.29, 0.717) is 26.4 Å². The Balaban J connectivity index is 1.96. The fourth-order valence-electron chi connectivity index (χ4n) is 3.62. The van der Waals surface area contributed by atoms with Gasteiger partial charge in [0.15, 0.2) is 10.6 Å². The summed E-state index contributed by atoms with van der Waals surface area (Å²) in [7, 11) is 1.60. The second kappa shape index (κ2) is 8.16. The first-order chi connectivity index (χ1) is 14.4. The Labute approximate surface area is 185 Å². The van der Waals surface area contributed by atoms with Gasteiger partial charge in [0, 0.05) is 15.7 Å². The molecule has 0 spiro atoms. The lowest BCUT2D eigenvalue weighted by Gasteiger charge is -2.24. The average molecular weight is 483 g/mol. The van der Waals surface area contributed by atoms with Crippen molar-refractivity contribution in [3.8, 4) is 5.75 Å². The van der Waals surface area contributed by atoms with Crippen LogP contribution in [0, 0.1) is 0 Å². The normalized spacial score (nSPS) is 16.3. The van der Waals surface area contributed by atoms with E-state index in [9.17, 15) is 9.59 Å². The van der Waals surface area contributed by atoms with Crippen LogP contribution in [0.2, 0.25) is 0 Å². The first kappa shape index (κ1) is 20.5. The molecule has 0 bridgehead atoms. The van der Waals surface area contributed by atoms with Crippen LogP contribution in [0.15, 0.2) is 74.1 Å². The van der Waals surface area contributed by atoms with E-state index in [4.69, 9.17) is 4.74 Å². The number of ketones is 1. The molecule has 2 aromatic carbocycles. The molecule has 1 aromatic heterocycles. The Hall–Kier alpha value is -2.77. The smallest absolute Gasteiger partial charge is 0.271 e. The molecule has 3 aromatic rings. The number of halogens is 1. The summed E-state index contributed by atoms with van der Waals surface area (Å²) in [6.07, 6.45) is 1.85. The molecule has 0 aliphatic carbocycles. The van der Waals surface area contributed by atoms with E-state index in [-0.39, 0.29) is 11.3 Å². The highest BCUT2D eigenvalue weighted by Gasteiger charge is 2.30. The van der Waals surface area contributed by atoms with Crippen molar-refractivity contribution in [2.24, 2.45) is 4.99 Å². The summed E-state index contributed by atoms with van der Waals surface area (Å²) in [4.78, 5) is 31.1. The predicted octanol–water partition coefficient (Wildman–Crippen LogP) is 3.60. The van der Waals surface area contributed by atoms with Crippen molar-refractivity contribution in [3.63, 3.8) is 0 Å². The SMILES string of the molecule is COc1ccc([C@H]2C(C(C)=O)=C(C)N=c3s/c(=C/c4cccc(Br)c4)c(=O)n32)cc1. The summed E-state index contributed by atoms with van der Waals surface area (Å²) in [6.45, 7) is 3.33. The van der Waals surface area contributed by atoms with Crippen molar-refractivity contribution in [1.82, 2.24) is 4.57 Å². The molecule has 5 nitrogen and oxygen atoms in total. The molecular formula is C23H19BrN2O3S. The number of hydrogen-bond acceptors (Lipinski definition) is 5. The molecule has 0 amide bonds. The fraction of sp³-hybridized carbons (Fsp3) is 0.174. The number of benzene rings is 2. The summed E-state index contributed by atoms with van der Waals surface area (Å²) >= 11 is 4.79. The van der Waals surface area contributed by atoms with Gasteiger partial charge in [-0.1, -0.05) is 51.5 Å². The third kappa shape index (κ3) is 3.70. The Morgan fingerprint density at radius 1 is 1.23 bits per heavy atom. The first-order valence-electron chi connectivity index (χ1n) is 9.32. The molecule has 2 heterocycles. The minimum absolute atomic E-state index is 0.0988. The van der Waals surface area contributed by atoms with E-state index < -0.39 is 6.04 Å². The molecule has 0 saturated carbocycles. The first-order valence-corrected chi connectivity index (χ1v) is 10.9. The monoisotopic (exact) mass is 482 g/mol. The van der Waals surface area contributed by atoms with Gasteiger partial charge in [0.25, 0.3) is 5.56 Å². The molecule has 1 aliphatic rings. The lowest BCUT2D eigenvalue weighted by Crippen LogP contribution is -2.39. The number of aromatic nitrogens is 1. The minimum atomic E-state index is -0.519. The summed E-state index contributed by atoms with van der Waals surface area (Å²) in [5.41, 5.74) is 2.76. The van der Waals surface area contributed by atoms with Gasteiger partial charge in [-0.3, -0.25) is 14.2 Å². The number of carbonyl (C=O) groups is 1. The van der Waals surface area contributed by atoms with Crippen LogP contribution in [0.4, 0.5) is 0 Å².